The van der Waals surface area contributed by atoms with Gasteiger partial charge in [0.2, 0.25) is 0 Å². The van der Waals surface area contributed by atoms with Crippen LogP contribution >= 0.6 is 15.9 Å². The van der Waals surface area contributed by atoms with Crippen LogP contribution < -0.4 is 0 Å². The molecule has 1 saturated carbocycles. The highest BCUT2D eigenvalue weighted by molar-refractivity contribution is 9.09. The van der Waals surface area contributed by atoms with Crippen LogP contribution in [0.15, 0.2) is 24.3 Å². The average molecular weight is 307 g/mol. The Balaban J connectivity index is 1.99. The van der Waals surface area contributed by atoms with E-state index in [9.17, 15) is 0 Å². The van der Waals surface area contributed by atoms with E-state index in [0.717, 1.165) is 11.8 Å². The summed E-state index contributed by atoms with van der Waals surface area (Å²) in [5.74, 6) is 0. The number of para-hydroxylation sites is 1. The Morgan fingerprint density at radius 2 is 2.00 bits per heavy atom. The van der Waals surface area contributed by atoms with Gasteiger partial charge >= 0.3 is 0 Å². The van der Waals surface area contributed by atoms with Gasteiger partial charge in [0.1, 0.15) is 0 Å². The van der Waals surface area contributed by atoms with Gasteiger partial charge in [-0.05, 0) is 30.7 Å². The molecule has 1 heterocycles. The highest BCUT2D eigenvalue weighted by atomic mass is 79.9. The predicted molar refractivity (Wildman–Crippen MR) is 79.1 cm³/mol. The van der Waals surface area contributed by atoms with Crippen LogP contribution in [-0.2, 0) is 13.5 Å². The van der Waals surface area contributed by atoms with E-state index in [-0.39, 0.29) is 0 Å². The minimum absolute atomic E-state index is 0.442. The Bertz CT molecular complexity index is 553. The standard InChI is InChI=1S/C15H19BrN2/c1-18-14-7-3-2-6-12(14)13(17-18)10-15(11-16)8-4-5-9-15/h2-3,6-7H,4-5,8-11H2,1H3. The van der Waals surface area contributed by atoms with Crippen molar-refractivity contribution >= 4 is 26.8 Å². The Kier molecular flexibility index (Phi) is 3.18. The zero-order chi connectivity index (χ0) is 12.6. The first-order chi connectivity index (χ1) is 8.74. The van der Waals surface area contributed by atoms with Crippen molar-refractivity contribution in [2.45, 2.75) is 32.1 Å². The third-order valence-corrected chi connectivity index (χ3v) is 5.51. The molecule has 1 fully saturated rings. The lowest BCUT2D eigenvalue weighted by Gasteiger charge is -2.25. The first-order valence-corrected chi connectivity index (χ1v) is 7.83. The molecule has 0 unspecified atom stereocenters. The summed E-state index contributed by atoms with van der Waals surface area (Å²) < 4.78 is 2.02. The van der Waals surface area contributed by atoms with E-state index < -0.39 is 0 Å². The summed E-state index contributed by atoms with van der Waals surface area (Å²) in [7, 11) is 2.04. The van der Waals surface area contributed by atoms with Gasteiger partial charge in [0.05, 0.1) is 11.2 Å². The highest BCUT2D eigenvalue weighted by Crippen LogP contribution is 2.42. The number of halogens is 1. The molecule has 1 aromatic heterocycles. The Morgan fingerprint density at radius 1 is 1.28 bits per heavy atom. The van der Waals surface area contributed by atoms with Crippen molar-refractivity contribution in [3.63, 3.8) is 0 Å². The van der Waals surface area contributed by atoms with Gasteiger partial charge in [-0.1, -0.05) is 47.0 Å². The molecule has 0 bridgehead atoms. The molecule has 0 radical (unpaired) electrons. The summed E-state index contributed by atoms with van der Waals surface area (Å²) in [6, 6.07) is 8.56. The summed E-state index contributed by atoms with van der Waals surface area (Å²) in [6.45, 7) is 0. The summed E-state index contributed by atoms with van der Waals surface area (Å²) in [6.07, 6.45) is 6.53. The molecule has 0 N–H and O–H groups in total. The molecule has 1 aliphatic carbocycles. The highest BCUT2D eigenvalue weighted by Gasteiger charge is 2.34. The number of benzene rings is 1. The summed E-state index contributed by atoms with van der Waals surface area (Å²) in [5, 5.41) is 7.17. The van der Waals surface area contributed by atoms with E-state index in [1.807, 2.05) is 11.7 Å². The molecule has 2 aromatic rings. The Labute approximate surface area is 117 Å². The SMILES string of the molecule is Cn1nc(CC2(CBr)CCCC2)c2ccccc21. The second kappa shape index (κ2) is 4.69. The lowest BCUT2D eigenvalue weighted by atomic mass is 9.83. The minimum atomic E-state index is 0.442. The second-order valence-electron chi connectivity index (χ2n) is 5.60. The van der Waals surface area contributed by atoms with E-state index in [0.29, 0.717) is 5.41 Å². The molecule has 0 saturated heterocycles. The number of aromatic nitrogens is 2. The Morgan fingerprint density at radius 3 is 2.72 bits per heavy atom. The lowest BCUT2D eigenvalue weighted by Crippen LogP contribution is -2.21. The van der Waals surface area contributed by atoms with Crippen LogP contribution in [0.25, 0.3) is 10.9 Å². The molecular weight excluding hydrogens is 288 g/mol. The number of fused-ring (bicyclic) bond motifs is 1. The van der Waals surface area contributed by atoms with Gasteiger partial charge in [-0.2, -0.15) is 5.10 Å². The summed E-state index contributed by atoms with van der Waals surface area (Å²) in [5.41, 5.74) is 2.96. The van der Waals surface area contributed by atoms with Gasteiger partial charge in [-0.15, -0.1) is 0 Å². The van der Waals surface area contributed by atoms with E-state index >= 15 is 0 Å². The largest absolute Gasteiger partial charge is 0.268 e. The van der Waals surface area contributed by atoms with Crippen molar-refractivity contribution in [2.75, 3.05) is 5.33 Å². The summed E-state index contributed by atoms with van der Waals surface area (Å²) >= 11 is 3.73. The lowest BCUT2D eigenvalue weighted by molar-refractivity contribution is 0.343. The van der Waals surface area contributed by atoms with Gasteiger partial charge in [0, 0.05) is 17.8 Å². The van der Waals surface area contributed by atoms with Crippen LogP contribution in [0.5, 0.6) is 0 Å². The van der Waals surface area contributed by atoms with E-state index in [1.165, 1.54) is 42.3 Å². The molecule has 0 aliphatic heterocycles. The van der Waals surface area contributed by atoms with Crippen molar-refractivity contribution in [2.24, 2.45) is 12.5 Å². The van der Waals surface area contributed by atoms with E-state index in [2.05, 4.69) is 40.2 Å². The monoisotopic (exact) mass is 306 g/mol. The number of hydrogen-bond donors (Lipinski definition) is 0. The van der Waals surface area contributed by atoms with Crippen molar-refractivity contribution in [3.8, 4) is 0 Å². The minimum Gasteiger partial charge on any atom is -0.268 e. The van der Waals surface area contributed by atoms with Gasteiger partial charge in [0.25, 0.3) is 0 Å². The fraction of sp³-hybridized carbons (Fsp3) is 0.533. The zero-order valence-electron chi connectivity index (χ0n) is 10.8. The third-order valence-electron chi connectivity index (χ3n) is 4.32. The van der Waals surface area contributed by atoms with E-state index in [1.54, 1.807) is 0 Å². The number of aryl methyl sites for hydroxylation is 1. The first-order valence-electron chi connectivity index (χ1n) is 6.71. The van der Waals surface area contributed by atoms with Gasteiger partial charge in [-0.3, -0.25) is 4.68 Å². The molecule has 96 valence electrons. The molecule has 3 heteroatoms. The molecular formula is C15H19BrN2. The van der Waals surface area contributed by atoms with Crippen LogP contribution in [0.1, 0.15) is 31.4 Å². The fourth-order valence-corrected chi connectivity index (χ4v) is 4.02. The molecule has 3 rings (SSSR count). The van der Waals surface area contributed by atoms with Crippen LogP contribution in [-0.4, -0.2) is 15.1 Å². The quantitative estimate of drug-likeness (QED) is 0.782. The fourth-order valence-electron chi connectivity index (χ4n) is 3.26. The molecule has 1 aromatic carbocycles. The summed E-state index contributed by atoms with van der Waals surface area (Å²) in [4.78, 5) is 0. The zero-order valence-corrected chi connectivity index (χ0v) is 12.4. The van der Waals surface area contributed by atoms with Gasteiger partial charge in [-0.25, -0.2) is 0 Å². The number of nitrogens with zero attached hydrogens (tertiary/aromatic N) is 2. The van der Waals surface area contributed by atoms with Gasteiger partial charge in [0.15, 0.2) is 0 Å². The van der Waals surface area contributed by atoms with Crippen LogP contribution in [0.2, 0.25) is 0 Å². The molecule has 0 atom stereocenters. The maximum atomic E-state index is 4.74. The molecule has 0 amide bonds. The van der Waals surface area contributed by atoms with Crippen LogP contribution in [0.3, 0.4) is 0 Å². The number of rotatable bonds is 3. The van der Waals surface area contributed by atoms with Crippen molar-refractivity contribution < 1.29 is 0 Å². The molecule has 0 spiro atoms. The average Bonchev–Trinajstić information content (AvgIpc) is 2.98. The van der Waals surface area contributed by atoms with Crippen LogP contribution in [0, 0.1) is 5.41 Å². The van der Waals surface area contributed by atoms with Crippen LogP contribution in [0.4, 0.5) is 0 Å². The maximum absolute atomic E-state index is 4.74. The molecule has 1 aliphatic rings. The number of hydrogen-bond acceptors (Lipinski definition) is 1. The van der Waals surface area contributed by atoms with Crippen molar-refractivity contribution in [3.05, 3.63) is 30.0 Å². The Hall–Kier alpha value is -0.830. The topological polar surface area (TPSA) is 17.8 Å². The molecule has 18 heavy (non-hydrogen) atoms. The first kappa shape index (κ1) is 12.2. The molecule has 2 nitrogen and oxygen atoms in total. The van der Waals surface area contributed by atoms with Crippen molar-refractivity contribution in [1.82, 2.24) is 9.78 Å². The second-order valence-corrected chi connectivity index (χ2v) is 6.17. The number of alkyl halides is 1. The smallest absolute Gasteiger partial charge is 0.0709 e. The normalized spacial score (nSPS) is 18.6. The third kappa shape index (κ3) is 1.99. The van der Waals surface area contributed by atoms with Crippen molar-refractivity contribution in [1.29, 1.82) is 0 Å². The maximum Gasteiger partial charge on any atom is 0.0709 e. The van der Waals surface area contributed by atoms with E-state index in [4.69, 9.17) is 5.10 Å². The predicted octanol–water partition coefficient (Wildman–Crippen LogP) is 4.07. The van der Waals surface area contributed by atoms with Gasteiger partial charge < -0.3 is 0 Å².